The highest BCUT2D eigenvalue weighted by Crippen LogP contribution is 2.18. The number of nitrogens with one attached hydrogen (secondary N) is 1. The molecule has 7 nitrogen and oxygen atoms in total. The first kappa shape index (κ1) is 14.2. The molecular weight excluding hydrogens is 254 g/mol. The number of nitrogens with zero attached hydrogens (tertiary/aromatic N) is 6. The van der Waals surface area contributed by atoms with Crippen molar-refractivity contribution in [2.24, 2.45) is 0 Å². The third kappa shape index (κ3) is 3.04. The van der Waals surface area contributed by atoms with Crippen molar-refractivity contribution in [3.05, 3.63) is 23.9 Å². The topological polar surface area (TPSA) is 71.8 Å². The highest BCUT2D eigenvalue weighted by Gasteiger charge is 2.14. The van der Waals surface area contributed by atoms with Gasteiger partial charge in [-0.25, -0.2) is 4.98 Å². The van der Waals surface area contributed by atoms with Gasteiger partial charge in [0, 0.05) is 32.4 Å². The zero-order chi connectivity index (χ0) is 14.7. The highest BCUT2D eigenvalue weighted by atomic mass is 15.3. The van der Waals surface area contributed by atoms with Crippen LogP contribution in [0.25, 0.3) is 0 Å². The molecule has 0 radical (unpaired) electrons. The van der Waals surface area contributed by atoms with Gasteiger partial charge >= 0.3 is 0 Å². The monoisotopic (exact) mass is 275 g/mol. The average Bonchev–Trinajstić information content (AvgIpc) is 2.86. The van der Waals surface area contributed by atoms with Crippen LogP contribution in [0.1, 0.15) is 31.4 Å². The second-order valence-corrected chi connectivity index (χ2v) is 4.93. The molecule has 20 heavy (non-hydrogen) atoms. The lowest BCUT2D eigenvalue weighted by Gasteiger charge is -2.17. The number of hydrogen-bond acceptors (Lipinski definition) is 6. The van der Waals surface area contributed by atoms with Crippen LogP contribution in [0.15, 0.2) is 12.4 Å². The number of aromatic nitrogens is 5. The molecule has 0 saturated heterocycles. The second kappa shape index (κ2) is 5.85. The van der Waals surface area contributed by atoms with Crippen molar-refractivity contribution in [1.29, 1.82) is 0 Å². The fourth-order valence-electron chi connectivity index (χ4n) is 1.96. The van der Waals surface area contributed by atoms with Crippen molar-refractivity contribution >= 4 is 11.8 Å². The molecule has 0 aliphatic rings. The first-order valence-electron chi connectivity index (χ1n) is 6.68. The molecule has 0 spiro atoms. The van der Waals surface area contributed by atoms with Crippen molar-refractivity contribution in [2.75, 3.05) is 24.3 Å². The van der Waals surface area contributed by atoms with Crippen LogP contribution >= 0.6 is 0 Å². The standard InChI is InChI=1S/C13H21N7/c1-6-20-8-14-18-12(20)10(3)16-11-7-9(2)15-13(17-11)19(4)5/h7-8,10H,6H2,1-5H3,(H,15,16,17)/t10-/m0/s1. The Morgan fingerprint density at radius 2 is 2.10 bits per heavy atom. The van der Waals surface area contributed by atoms with Gasteiger partial charge in [-0.2, -0.15) is 4.98 Å². The van der Waals surface area contributed by atoms with Crippen LogP contribution in [0, 0.1) is 6.92 Å². The molecule has 2 aromatic heterocycles. The van der Waals surface area contributed by atoms with Crippen molar-refractivity contribution in [3.8, 4) is 0 Å². The lowest BCUT2D eigenvalue weighted by molar-refractivity contribution is 0.657. The van der Waals surface area contributed by atoms with Crippen molar-refractivity contribution < 1.29 is 0 Å². The SMILES string of the molecule is CCn1cnnc1[C@H](C)Nc1cc(C)nc(N(C)C)n1. The van der Waals surface area contributed by atoms with E-state index in [0.717, 1.165) is 23.9 Å². The molecule has 2 rings (SSSR count). The van der Waals surface area contributed by atoms with Gasteiger partial charge in [-0.15, -0.1) is 10.2 Å². The Balaban J connectivity index is 2.21. The number of rotatable bonds is 5. The van der Waals surface area contributed by atoms with E-state index in [9.17, 15) is 0 Å². The lowest BCUT2D eigenvalue weighted by Crippen LogP contribution is -2.17. The fourth-order valence-corrected chi connectivity index (χ4v) is 1.96. The van der Waals surface area contributed by atoms with Crippen LogP contribution in [-0.2, 0) is 6.54 Å². The Morgan fingerprint density at radius 1 is 1.35 bits per heavy atom. The predicted molar refractivity (Wildman–Crippen MR) is 78.8 cm³/mol. The summed E-state index contributed by atoms with van der Waals surface area (Å²) >= 11 is 0. The molecule has 1 atom stereocenters. The third-order valence-corrected chi connectivity index (χ3v) is 2.98. The van der Waals surface area contributed by atoms with E-state index >= 15 is 0 Å². The Morgan fingerprint density at radius 3 is 2.75 bits per heavy atom. The van der Waals surface area contributed by atoms with Crippen LogP contribution in [0.2, 0.25) is 0 Å². The van der Waals surface area contributed by atoms with Gasteiger partial charge in [0.25, 0.3) is 0 Å². The molecule has 7 heteroatoms. The van der Waals surface area contributed by atoms with Gasteiger partial charge < -0.3 is 14.8 Å². The maximum absolute atomic E-state index is 4.48. The first-order valence-corrected chi connectivity index (χ1v) is 6.68. The Hall–Kier alpha value is -2.18. The van der Waals surface area contributed by atoms with Gasteiger partial charge in [0.15, 0.2) is 5.82 Å². The summed E-state index contributed by atoms with van der Waals surface area (Å²) in [6.07, 6.45) is 1.74. The smallest absolute Gasteiger partial charge is 0.226 e. The molecule has 0 aromatic carbocycles. The zero-order valence-corrected chi connectivity index (χ0v) is 12.6. The van der Waals surface area contributed by atoms with Gasteiger partial charge in [-0.05, 0) is 20.8 Å². The summed E-state index contributed by atoms with van der Waals surface area (Å²) in [6, 6.07) is 1.96. The number of anilines is 2. The molecular formula is C13H21N7. The van der Waals surface area contributed by atoms with Crippen molar-refractivity contribution in [3.63, 3.8) is 0 Å². The largest absolute Gasteiger partial charge is 0.360 e. The maximum atomic E-state index is 4.48. The van der Waals surface area contributed by atoms with E-state index in [1.807, 2.05) is 43.5 Å². The van der Waals surface area contributed by atoms with E-state index in [1.54, 1.807) is 6.33 Å². The van der Waals surface area contributed by atoms with Gasteiger partial charge in [-0.1, -0.05) is 0 Å². The van der Waals surface area contributed by atoms with Gasteiger partial charge in [0.2, 0.25) is 5.95 Å². The van der Waals surface area contributed by atoms with Crippen LogP contribution in [0.4, 0.5) is 11.8 Å². The van der Waals surface area contributed by atoms with Gasteiger partial charge in [0.05, 0.1) is 6.04 Å². The fraction of sp³-hybridized carbons (Fsp3) is 0.538. The Bertz CT molecular complexity index is 576. The average molecular weight is 275 g/mol. The molecule has 0 amide bonds. The molecule has 0 aliphatic heterocycles. The lowest BCUT2D eigenvalue weighted by atomic mass is 10.3. The molecule has 0 aliphatic carbocycles. The van der Waals surface area contributed by atoms with Crippen molar-refractivity contribution in [1.82, 2.24) is 24.7 Å². The van der Waals surface area contributed by atoms with E-state index in [-0.39, 0.29) is 6.04 Å². The van der Waals surface area contributed by atoms with Crippen LogP contribution in [0.5, 0.6) is 0 Å². The molecule has 0 bridgehead atoms. The summed E-state index contributed by atoms with van der Waals surface area (Å²) in [4.78, 5) is 10.7. The van der Waals surface area contributed by atoms with Crippen LogP contribution < -0.4 is 10.2 Å². The Labute approximate surface area is 119 Å². The Kier molecular flexibility index (Phi) is 4.16. The maximum Gasteiger partial charge on any atom is 0.226 e. The summed E-state index contributed by atoms with van der Waals surface area (Å²) in [6.45, 7) is 6.92. The zero-order valence-electron chi connectivity index (χ0n) is 12.6. The number of aryl methyl sites for hydroxylation is 2. The van der Waals surface area contributed by atoms with Crippen LogP contribution in [0.3, 0.4) is 0 Å². The summed E-state index contributed by atoms with van der Waals surface area (Å²) < 4.78 is 2.01. The molecule has 2 aromatic rings. The minimum Gasteiger partial charge on any atom is -0.360 e. The molecule has 0 fully saturated rings. The molecule has 0 unspecified atom stereocenters. The summed E-state index contributed by atoms with van der Waals surface area (Å²) in [5.41, 5.74) is 0.926. The predicted octanol–water partition coefficient (Wildman–Crippen LogP) is 1.64. The van der Waals surface area contributed by atoms with Gasteiger partial charge in [0.1, 0.15) is 12.1 Å². The van der Waals surface area contributed by atoms with E-state index in [0.29, 0.717) is 5.95 Å². The molecule has 1 N–H and O–H groups in total. The van der Waals surface area contributed by atoms with E-state index in [2.05, 4.69) is 32.4 Å². The van der Waals surface area contributed by atoms with Gasteiger partial charge in [-0.3, -0.25) is 0 Å². The number of hydrogen-bond donors (Lipinski definition) is 1. The quantitative estimate of drug-likeness (QED) is 0.894. The second-order valence-electron chi connectivity index (χ2n) is 4.93. The summed E-state index contributed by atoms with van der Waals surface area (Å²) in [5, 5.41) is 11.5. The molecule has 0 saturated carbocycles. The summed E-state index contributed by atoms with van der Waals surface area (Å²) in [5.74, 6) is 2.38. The van der Waals surface area contributed by atoms with E-state index in [4.69, 9.17) is 0 Å². The third-order valence-electron chi connectivity index (χ3n) is 2.98. The van der Waals surface area contributed by atoms with Crippen molar-refractivity contribution in [2.45, 2.75) is 33.4 Å². The normalized spacial score (nSPS) is 12.2. The first-order chi connectivity index (χ1) is 9.51. The van der Waals surface area contributed by atoms with E-state index < -0.39 is 0 Å². The molecule has 108 valence electrons. The minimum absolute atomic E-state index is 0.0294. The highest BCUT2D eigenvalue weighted by molar-refractivity contribution is 5.43. The summed E-state index contributed by atoms with van der Waals surface area (Å²) in [7, 11) is 3.85. The minimum atomic E-state index is 0.0294. The molecule has 2 heterocycles. The van der Waals surface area contributed by atoms with Crippen LogP contribution in [-0.4, -0.2) is 38.8 Å². The van der Waals surface area contributed by atoms with E-state index in [1.165, 1.54) is 0 Å².